The minimum atomic E-state index is -3.34. The number of sulfonamides is 1. The number of amides is 1. The largest absolute Gasteiger partial charge is 0.296 e. The Balaban J connectivity index is 1.69. The van der Waals surface area contributed by atoms with Crippen LogP contribution in [0.25, 0.3) is 9.88 Å². The Kier molecular flexibility index (Phi) is 4.60. The number of rotatable bonds is 5. The van der Waals surface area contributed by atoms with Gasteiger partial charge >= 0.3 is 0 Å². The molecular weight excluding hydrogens is 368 g/mol. The van der Waals surface area contributed by atoms with Gasteiger partial charge in [0.15, 0.2) is 5.01 Å². The highest BCUT2D eigenvalue weighted by molar-refractivity contribution is 7.92. The summed E-state index contributed by atoms with van der Waals surface area (Å²) in [6.07, 6.45) is 1.06. The highest BCUT2D eigenvalue weighted by Crippen LogP contribution is 2.29. The van der Waals surface area contributed by atoms with Gasteiger partial charge in [-0.1, -0.05) is 17.4 Å². The van der Waals surface area contributed by atoms with Crippen LogP contribution in [0.1, 0.15) is 10.4 Å². The second-order valence-electron chi connectivity index (χ2n) is 4.80. The van der Waals surface area contributed by atoms with Crippen molar-refractivity contribution in [3.8, 4) is 9.88 Å². The minimum absolute atomic E-state index is 0.338. The molecule has 10 heteroatoms. The lowest BCUT2D eigenvalue weighted by molar-refractivity contribution is 0.102. The Morgan fingerprint density at radius 3 is 2.50 bits per heavy atom. The summed E-state index contributed by atoms with van der Waals surface area (Å²) in [7, 11) is -3.34. The molecule has 24 heavy (non-hydrogen) atoms. The molecule has 3 rings (SSSR count). The molecular formula is C14H12N4O3S3. The van der Waals surface area contributed by atoms with Gasteiger partial charge in [-0.2, -0.15) is 0 Å². The third-order valence-corrected chi connectivity index (χ3v) is 5.31. The molecule has 0 atom stereocenters. The Bertz CT molecular complexity index is 948. The lowest BCUT2D eigenvalue weighted by Crippen LogP contribution is -2.12. The van der Waals surface area contributed by atoms with Crippen LogP contribution in [0.3, 0.4) is 0 Å². The van der Waals surface area contributed by atoms with E-state index < -0.39 is 10.0 Å². The van der Waals surface area contributed by atoms with E-state index >= 15 is 0 Å². The van der Waals surface area contributed by atoms with E-state index in [2.05, 4.69) is 20.2 Å². The molecule has 0 aliphatic carbocycles. The van der Waals surface area contributed by atoms with Crippen LogP contribution < -0.4 is 10.0 Å². The number of benzene rings is 1. The maximum absolute atomic E-state index is 12.2. The molecule has 0 radical (unpaired) electrons. The monoisotopic (exact) mass is 380 g/mol. The zero-order valence-electron chi connectivity index (χ0n) is 12.4. The van der Waals surface area contributed by atoms with Crippen molar-refractivity contribution in [1.29, 1.82) is 0 Å². The molecule has 0 saturated carbocycles. The van der Waals surface area contributed by atoms with E-state index in [9.17, 15) is 13.2 Å². The number of hydrogen-bond acceptors (Lipinski definition) is 7. The summed E-state index contributed by atoms with van der Waals surface area (Å²) < 4.78 is 24.7. The van der Waals surface area contributed by atoms with Crippen molar-refractivity contribution in [2.45, 2.75) is 0 Å². The lowest BCUT2D eigenvalue weighted by atomic mass is 10.2. The molecule has 0 saturated heterocycles. The Labute approximate surface area is 146 Å². The number of anilines is 2. The second kappa shape index (κ2) is 6.67. The lowest BCUT2D eigenvalue weighted by Gasteiger charge is -2.05. The van der Waals surface area contributed by atoms with Gasteiger partial charge in [-0.05, 0) is 35.7 Å². The van der Waals surface area contributed by atoms with E-state index in [0.29, 0.717) is 16.4 Å². The molecule has 2 aromatic heterocycles. The number of thiophene rings is 1. The van der Waals surface area contributed by atoms with Gasteiger partial charge in [0, 0.05) is 11.3 Å². The second-order valence-corrected chi connectivity index (χ2v) is 8.47. The zero-order chi connectivity index (χ0) is 17.2. The van der Waals surface area contributed by atoms with E-state index in [4.69, 9.17) is 0 Å². The summed E-state index contributed by atoms with van der Waals surface area (Å²) in [5.74, 6) is -0.338. The molecule has 0 unspecified atom stereocenters. The Morgan fingerprint density at radius 1 is 1.12 bits per heavy atom. The van der Waals surface area contributed by atoms with Crippen LogP contribution in [0.5, 0.6) is 0 Å². The van der Waals surface area contributed by atoms with Gasteiger partial charge in [-0.3, -0.25) is 14.8 Å². The van der Waals surface area contributed by atoms with Gasteiger partial charge < -0.3 is 0 Å². The van der Waals surface area contributed by atoms with Crippen molar-refractivity contribution in [3.05, 3.63) is 47.3 Å². The molecule has 1 aromatic carbocycles. The fourth-order valence-electron chi connectivity index (χ4n) is 1.85. The van der Waals surface area contributed by atoms with Crippen molar-refractivity contribution in [3.63, 3.8) is 0 Å². The smallest absolute Gasteiger partial charge is 0.257 e. The summed E-state index contributed by atoms with van der Waals surface area (Å²) in [4.78, 5) is 13.2. The van der Waals surface area contributed by atoms with Crippen LogP contribution in [0.2, 0.25) is 0 Å². The number of nitrogens with zero attached hydrogens (tertiary/aromatic N) is 2. The molecule has 2 N–H and O–H groups in total. The molecule has 2 heterocycles. The van der Waals surface area contributed by atoms with Gasteiger partial charge in [-0.15, -0.1) is 21.5 Å². The van der Waals surface area contributed by atoms with Gasteiger partial charge in [-0.25, -0.2) is 8.42 Å². The topological polar surface area (TPSA) is 101 Å². The first kappa shape index (κ1) is 16.6. The number of aromatic nitrogens is 2. The van der Waals surface area contributed by atoms with Crippen LogP contribution in [0.15, 0.2) is 41.8 Å². The molecule has 0 spiro atoms. The number of hydrogen-bond donors (Lipinski definition) is 2. The first-order valence-electron chi connectivity index (χ1n) is 6.67. The Hall–Kier alpha value is -2.30. The quantitative estimate of drug-likeness (QED) is 0.709. The van der Waals surface area contributed by atoms with E-state index in [-0.39, 0.29) is 5.91 Å². The number of nitrogens with one attached hydrogen (secondary N) is 2. The van der Waals surface area contributed by atoms with Crippen molar-refractivity contribution in [1.82, 2.24) is 10.2 Å². The summed E-state index contributed by atoms with van der Waals surface area (Å²) in [6, 6.07) is 9.96. The molecule has 3 aromatic rings. The summed E-state index contributed by atoms with van der Waals surface area (Å²) in [5, 5.41) is 13.8. The summed E-state index contributed by atoms with van der Waals surface area (Å²) in [6.45, 7) is 0. The average Bonchev–Trinajstić information content (AvgIpc) is 3.16. The van der Waals surface area contributed by atoms with Crippen LogP contribution in [-0.4, -0.2) is 30.8 Å². The predicted octanol–water partition coefficient (Wildman–Crippen LogP) is 2.89. The van der Waals surface area contributed by atoms with Crippen molar-refractivity contribution in [2.24, 2.45) is 0 Å². The SMILES string of the molecule is CS(=O)(=O)Nc1ccc(C(=O)Nc2nnc(-c3cccs3)s2)cc1. The fourth-order valence-corrected chi connectivity index (χ4v) is 3.94. The number of carbonyl (C=O) groups is 1. The van der Waals surface area contributed by atoms with Crippen molar-refractivity contribution in [2.75, 3.05) is 16.3 Å². The van der Waals surface area contributed by atoms with E-state index in [1.165, 1.54) is 35.6 Å². The molecule has 0 bridgehead atoms. The number of carbonyl (C=O) groups excluding carboxylic acids is 1. The Morgan fingerprint density at radius 2 is 1.88 bits per heavy atom. The molecule has 124 valence electrons. The van der Waals surface area contributed by atoms with Gasteiger partial charge in [0.05, 0.1) is 11.1 Å². The fraction of sp³-hybridized carbons (Fsp3) is 0.0714. The normalized spacial score (nSPS) is 11.2. The van der Waals surface area contributed by atoms with E-state index in [1.54, 1.807) is 11.3 Å². The van der Waals surface area contributed by atoms with Gasteiger partial charge in [0.25, 0.3) is 5.91 Å². The van der Waals surface area contributed by atoms with Crippen molar-refractivity contribution < 1.29 is 13.2 Å². The first-order valence-corrected chi connectivity index (χ1v) is 10.3. The average molecular weight is 380 g/mol. The maximum atomic E-state index is 12.2. The van der Waals surface area contributed by atoms with Crippen LogP contribution >= 0.6 is 22.7 Å². The van der Waals surface area contributed by atoms with E-state index in [0.717, 1.165) is 16.1 Å². The molecule has 0 aliphatic rings. The molecule has 0 fully saturated rings. The minimum Gasteiger partial charge on any atom is -0.296 e. The van der Waals surface area contributed by atoms with Gasteiger partial charge in [0.1, 0.15) is 0 Å². The van der Waals surface area contributed by atoms with Crippen LogP contribution in [0.4, 0.5) is 10.8 Å². The molecule has 1 amide bonds. The standard InChI is InChI=1S/C14H12N4O3S3/c1-24(20,21)18-10-6-4-9(5-7-10)12(19)15-14-17-16-13(23-14)11-3-2-8-22-11/h2-8,18H,1H3,(H,15,17,19). The third-order valence-electron chi connectivity index (χ3n) is 2.83. The third kappa shape index (κ3) is 4.16. The zero-order valence-corrected chi connectivity index (χ0v) is 14.8. The first-order chi connectivity index (χ1) is 11.4. The van der Waals surface area contributed by atoms with Crippen molar-refractivity contribution >= 4 is 49.4 Å². The maximum Gasteiger partial charge on any atom is 0.257 e. The van der Waals surface area contributed by atoms with Crippen LogP contribution in [0, 0.1) is 0 Å². The predicted molar refractivity (Wildman–Crippen MR) is 96.1 cm³/mol. The highest BCUT2D eigenvalue weighted by Gasteiger charge is 2.12. The van der Waals surface area contributed by atoms with E-state index in [1.807, 2.05) is 17.5 Å². The van der Waals surface area contributed by atoms with Gasteiger partial charge in [0.2, 0.25) is 15.2 Å². The molecule has 0 aliphatic heterocycles. The summed E-state index contributed by atoms with van der Waals surface area (Å²) >= 11 is 2.84. The highest BCUT2D eigenvalue weighted by atomic mass is 32.2. The molecule has 7 nitrogen and oxygen atoms in total. The summed E-state index contributed by atoms with van der Waals surface area (Å²) in [5.41, 5.74) is 0.784. The van der Waals surface area contributed by atoms with Crippen LogP contribution in [-0.2, 0) is 10.0 Å².